The molecule has 14 nitrogen and oxygen atoms in total. The van der Waals surface area contributed by atoms with E-state index in [1.54, 1.807) is 30.3 Å². The molecule has 9 N–H and O–H groups in total. The summed E-state index contributed by atoms with van der Waals surface area (Å²) in [5, 5.41) is 32.5. The minimum Gasteiger partial charge on any atom is -0.508 e. The number of fused-ring (bicyclic) bond motifs is 1. The molecule has 4 atom stereocenters. The number of aromatic amines is 1. The van der Waals surface area contributed by atoms with Crippen LogP contribution >= 0.6 is 0 Å². The Morgan fingerprint density at radius 2 is 1.45 bits per heavy atom. The summed E-state index contributed by atoms with van der Waals surface area (Å²) in [6.45, 7) is 0.208. The predicted octanol–water partition coefficient (Wildman–Crippen LogP) is 3.77. The van der Waals surface area contributed by atoms with Crippen molar-refractivity contribution in [1.82, 2.24) is 25.9 Å². The molecule has 0 saturated heterocycles. The summed E-state index contributed by atoms with van der Waals surface area (Å²) >= 11 is 0. The van der Waals surface area contributed by atoms with Crippen LogP contribution in [-0.2, 0) is 36.8 Å². The van der Waals surface area contributed by atoms with Crippen molar-refractivity contribution in [3.63, 3.8) is 0 Å². The van der Waals surface area contributed by atoms with E-state index in [9.17, 15) is 29.4 Å². The smallest absolute Gasteiger partial charge is 0.246 e. The first-order valence-corrected chi connectivity index (χ1v) is 19.6. The van der Waals surface area contributed by atoms with Crippen molar-refractivity contribution < 1.29 is 34.1 Å². The molecule has 0 radical (unpaired) electrons. The fraction of sp³-hybridized carbons (Fsp3) is 0.452. The van der Waals surface area contributed by atoms with Crippen LogP contribution < -0.4 is 27.0 Å². The summed E-state index contributed by atoms with van der Waals surface area (Å²) in [5.74, 6) is -2.35. The van der Waals surface area contributed by atoms with Crippen LogP contribution in [0.25, 0.3) is 11.0 Å². The number of imidazole rings is 1. The normalized spacial score (nSPS) is 16.0. The Hall–Kier alpha value is -5.31. The van der Waals surface area contributed by atoms with Crippen molar-refractivity contribution in [3.8, 4) is 5.75 Å². The van der Waals surface area contributed by atoms with Crippen LogP contribution in [0.4, 0.5) is 5.69 Å². The number of aromatic nitrogens is 2. The number of anilines is 1. The number of hydrogen-bond acceptors (Lipinski definition) is 9. The number of aliphatic hydroxyl groups excluding tert-OH is 1. The van der Waals surface area contributed by atoms with Gasteiger partial charge in [-0.25, -0.2) is 4.98 Å². The number of amides is 4. The summed E-state index contributed by atoms with van der Waals surface area (Å²) in [7, 11) is 0. The van der Waals surface area contributed by atoms with Crippen LogP contribution in [0.5, 0.6) is 5.75 Å². The molecule has 300 valence electrons. The number of benzene rings is 3. The van der Waals surface area contributed by atoms with Gasteiger partial charge in [0.1, 0.15) is 17.8 Å². The number of nitrogens with zero attached hydrogens (tertiary/aromatic N) is 1. The Kier molecular flexibility index (Phi) is 16.2. The number of aromatic hydroxyl groups is 1. The molecule has 0 bridgehead atoms. The first-order valence-electron chi connectivity index (χ1n) is 19.6. The Morgan fingerprint density at radius 3 is 2.16 bits per heavy atom. The van der Waals surface area contributed by atoms with E-state index in [0.717, 1.165) is 31.2 Å². The van der Waals surface area contributed by atoms with E-state index in [1.807, 2.05) is 30.3 Å². The molecule has 5 rings (SSSR count). The van der Waals surface area contributed by atoms with Gasteiger partial charge in [0.15, 0.2) is 0 Å². The molecule has 1 aromatic heterocycles. The third-order valence-electron chi connectivity index (χ3n) is 10.0. The molecule has 1 aliphatic rings. The van der Waals surface area contributed by atoms with Crippen LogP contribution in [0.2, 0.25) is 0 Å². The van der Waals surface area contributed by atoms with E-state index in [1.165, 1.54) is 44.1 Å². The average molecular weight is 770 g/mol. The van der Waals surface area contributed by atoms with Gasteiger partial charge < -0.3 is 46.9 Å². The van der Waals surface area contributed by atoms with Crippen molar-refractivity contribution in [3.05, 3.63) is 90.3 Å². The number of nitrogens with two attached hydrogens (primary N) is 1. The number of carbonyl (C=O) groups is 4. The highest BCUT2D eigenvalue weighted by molar-refractivity contribution is 6.00. The summed E-state index contributed by atoms with van der Waals surface area (Å²) in [5.41, 5.74) is 8.79. The van der Waals surface area contributed by atoms with Gasteiger partial charge in [0.2, 0.25) is 23.6 Å². The minimum atomic E-state index is -1.18. The Morgan fingerprint density at radius 1 is 0.804 bits per heavy atom. The molecule has 1 aliphatic carbocycles. The van der Waals surface area contributed by atoms with Gasteiger partial charge in [-0.3, -0.25) is 19.2 Å². The standard InChI is InChI=1S/C42H55N7O7/c43-39(52)21-20-35(40(53)47-30-16-19-34-36(24-30)46-27-45-34)48-42(55)38(23-29-14-17-31(50)18-15-29)49-41(54)37(22-28-10-6-5-7-11-28)44-25-32(51)26-56-33-12-8-3-1-2-4-9-13-33/h5-7,10-11,14-19,24,27,32-33,35,37-38,44,50-51H,1-4,8-9,12-13,20-23,25-26H2,(H2,43,52)(H,45,46)(H,47,53)(H,48,55)(H,49,54). The molecular weight excluding hydrogens is 715 g/mol. The lowest BCUT2D eigenvalue weighted by Crippen LogP contribution is -2.57. The maximum atomic E-state index is 14.1. The van der Waals surface area contributed by atoms with E-state index in [0.29, 0.717) is 22.3 Å². The highest BCUT2D eigenvalue weighted by atomic mass is 16.5. The van der Waals surface area contributed by atoms with Crippen molar-refractivity contribution >= 4 is 40.3 Å². The lowest BCUT2D eigenvalue weighted by Gasteiger charge is -2.26. The molecule has 14 heteroatoms. The number of ether oxygens (including phenoxy) is 1. The van der Waals surface area contributed by atoms with Gasteiger partial charge in [0.25, 0.3) is 0 Å². The summed E-state index contributed by atoms with van der Waals surface area (Å²) in [4.78, 5) is 60.8. The van der Waals surface area contributed by atoms with Gasteiger partial charge >= 0.3 is 0 Å². The first kappa shape index (κ1) is 41.8. The molecule has 56 heavy (non-hydrogen) atoms. The van der Waals surface area contributed by atoms with Gasteiger partial charge in [0, 0.05) is 25.1 Å². The van der Waals surface area contributed by atoms with Crippen molar-refractivity contribution in [2.24, 2.45) is 5.73 Å². The second-order valence-corrected chi connectivity index (χ2v) is 14.6. The fourth-order valence-corrected chi connectivity index (χ4v) is 6.87. The summed E-state index contributed by atoms with van der Waals surface area (Å²) < 4.78 is 6.13. The number of H-pyrrole nitrogens is 1. The Balaban J connectivity index is 1.29. The second kappa shape index (κ2) is 21.7. The van der Waals surface area contributed by atoms with E-state index in [-0.39, 0.29) is 50.7 Å². The number of carbonyl (C=O) groups excluding carboxylic acids is 4. The van der Waals surface area contributed by atoms with E-state index in [2.05, 4.69) is 31.2 Å². The zero-order valence-corrected chi connectivity index (χ0v) is 31.8. The number of hydrogen-bond donors (Lipinski definition) is 8. The molecule has 4 aromatic rings. The van der Waals surface area contributed by atoms with Gasteiger partial charge in [-0.2, -0.15) is 0 Å². The van der Waals surface area contributed by atoms with Crippen LogP contribution in [0, 0.1) is 0 Å². The van der Waals surface area contributed by atoms with Gasteiger partial charge in [-0.05, 0) is 67.1 Å². The minimum absolute atomic E-state index is 0.0222. The predicted molar refractivity (Wildman–Crippen MR) is 213 cm³/mol. The Bertz CT molecular complexity index is 1840. The van der Waals surface area contributed by atoms with Crippen molar-refractivity contribution in [2.75, 3.05) is 18.5 Å². The average Bonchev–Trinajstić information content (AvgIpc) is 3.70. The van der Waals surface area contributed by atoms with E-state index in [4.69, 9.17) is 10.5 Å². The Labute approximate surface area is 327 Å². The lowest BCUT2D eigenvalue weighted by atomic mass is 10.0. The molecule has 0 aliphatic heterocycles. The van der Waals surface area contributed by atoms with Crippen molar-refractivity contribution in [1.29, 1.82) is 0 Å². The van der Waals surface area contributed by atoms with Crippen molar-refractivity contribution in [2.45, 2.75) is 107 Å². The highest BCUT2D eigenvalue weighted by Crippen LogP contribution is 2.20. The monoisotopic (exact) mass is 769 g/mol. The van der Waals surface area contributed by atoms with Gasteiger partial charge in [-0.15, -0.1) is 0 Å². The molecule has 4 amide bonds. The molecule has 1 fully saturated rings. The maximum Gasteiger partial charge on any atom is 0.246 e. The molecular formula is C42H55N7O7. The maximum absolute atomic E-state index is 14.1. The summed E-state index contributed by atoms with van der Waals surface area (Å²) in [6, 6.07) is 17.5. The third kappa shape index (κ3) is 13.8. The zero-order valence-electron chi connectivity index (χ0n) is 31.8. The van der Waals surface area contributed by atoms with Crippen LogP contribution in [0.15, 0.2) is 79.1 Å². The zero-order chi connectivity index (χ0) is 39.7. The van der Waals surface area contributed by atoms with Crippen LogP contribution in [-0.4, -0.2) is 87.3 Å². The summed E-state index contributed by atoms with van der Waals surface area (Å²) in [6.07, 6.45) is 9.81. The first-order chi connectivity index (χ1) is 27.1. The quantitative estimate of drug-likeness (QED) is 0.0695. The number of aliphatic hydroxyl groups is 1. The fourth-order valence-electron chi connectivity index (χ4n) is 6.87. The number of phenolic OH excluding ortho intramolecular Hbond substituents is 1. The number of rotatable bonds is 19. The van der Waals surface area contributed by atoms with Gasteiger partial charge in [-0.1, -0.05) is 81.0 Å². The lowest BCUT2D eigenvalue weighted by molar-refractivity contribution is -0.132. The van der Waals surface area contributed by atoms with Crippen LogP contribution in [0.1, 0.15) is 75.3 Å². The SMILES string of the molecule is NC(=O)CCC(NC(=O)C(Cc1ccc(O)cc1)NC(=O)C(Cc1ccccc1)NCC(O)COC1CCCCCCCC1)C(=O)Nc1ccc2nc[nH]c2c1. The highest BCUT2D eigenvalue weighted by Gasteiger charge is 2.30. The number of primary amides is 1. The largest absolute Gasteiger partial charge is 0.508 e. The number of phenols is 1. The topological polar surface area (TPSA) is 221 Å². The molecule has 0 spiro atoms. The van der Waals surface area contributed by atoms with E-state index >= 15 is 0 Å². The number of nitrogens with one attached hydrogen (secondary N) is 5. The van der Waals surface area contributed by atoms with Crippen LogP contribution in [0.3, 0.4) is 0 Å². The molecule has 4 unspecified atom stereocenters. The van der Waals surface area contributed by atoms with E-state index < -0.39 is 47.9 Å². The second-order valence-electron chi connectivity index (χ2n) is 14.6. The molecule has 3 aromatic carbocycles. The van der Waals surface area contributed by atoms with Gasteiger partial charge in [0.05, 0.1) is 42.2 Å². The molecule has 1 saturated carbocycles. The third-order valence-corrected chi connectivity index (χ3v) is 10.0. The molecule has 1 heterocycles.